The Hall–Kier alpha value is -6.02. The van der Waals surface area contributed by atoms with Crippen LogP contribution in [-0.4, -0.2) is 37.5 Å². The summed E-state index contributed by atoms with van der Waals surface area (Å²) in [6.07, 6.45) is -6.32. The number of nitrogens with one attached hydrogen (secondary N) is 1. The van der Waals surface area contributed by atoms with E-state index in [1.807, 2.05) is 54.6 Å². The fourth-order valence-corrected chi connectivity index (χ4v) is 6.13. The Morgan fingerprint density at radius 2 is 1.37 bits per heavy atom. The van der Waals surface area contributed by atoms with E-state index in [2.05, 4.69) is 22.1 Å². The Morgan fingerprint density at radius 1 is 0.804 bits per heavy atom. The highest BCUT2D eigenvalue weighted by Crippen LogP contribution is 2.44. The molecular weight excluding hydrogens is 660 g/mol. The predicted molar refractivity (Wildman–Crippen MR) is 187 cm³/mol. The second-order valence-corrected chi connectivity index (χ2v) is 12.2. The molecule has 0 bridgehead atoms. The fourth-order valence-electron chi connectivity index (χ4n) is 6.13. The van der Waals surface area contributed by atoms with Gasteiger partial charge in [-0.3, -0.25) is 0 Å². The maximum atomic E-state index is 15.7. The fraction of sp³-hybridized carbons (Fsp3) is 0.200. The molecule has 0 fully saturated rings. The minimum Gasteiger partial charge on any atom is -0.497 e. The lowest BCUT2D eigenvalue weighted by molar-refractivity contribution is -0.209. The number of pyridine rings is 1. The number of aliphatic imine (C=N–C) groups is 1. The van der Waals surface area contributed by atoms with E-state index in [9.17, 15) is 13.2 Å². The number of methoxy groups -OCH3 is 2. The van der Waals surface area contributed by atoms with Crippen LogP contribution >= 0.6 is 0 Å². The van der Waals surface area contributed by atoms with Gasteiger partial charge in [0.05, 0.1) is 19.8 Å². The van der Waals surface area contributed by atoms with E-state index in [-0.39, 0.29) is 5.56 Å². The number of halogens is 4. The predicted octanol–water partition coefficient (Wildman–Crippen LogP) is 7.72. The van der Waals surface area contributed by atoms with E-state index >= 15 is 4.39 Å². The van der Waals surface area contributed by atoms with E-state index in [4.69, 9.17) is 24.9 Å². The third-order valence-electron chi connectivity index (χ3n) is 8.78. The van der Waals surface area contributed by atoms with E-state index in [0.29, 0.717) is 45.1 Å². The van der Waals surface area contributed by atoms with Gasteiger partial charge >= 0.3 is 6.18 Å². The Morgan fingerprint density at radius 3 is 1.92 bits per heavy atom. The number of hydrogen-bond acceptors (Lipinski definition) is 7. The van der Waals surface area contributed by atoms with Gasteiger partial charge < -0.3 is 25.3 Å². The van der Waals surface area contributed by atoms with Crippen LogP contribution in [0.3, 0.4) is 0 Å². The maximum absolute atomic E-state index is 15.7. The third kappa shape index (κ3) is 7.31. The van der Waals surface area contributed by atoms with Crippen LogP contribution in [0, 0.1) is 17.7 Å². The van der Waals surface area contributed by atoms with Crippen LogP contribution in [-0.2, 0) is 15.8 Å². The summed E-state index contributed by atoms with van der Waals surface area (Å²) in [5, 5.41) is 3.28. The van der Waals surface area contributed by atoms with Crippen molar-refractivity contribution in [3.05, 3.63) is 155 Å². The van der Waals surface area contributed by atoms with Crippen LogP contribution in [0.1, 0.15) is 46.7 Å². The summed E-state index contributed by atoms with van der Waals surface area (Å²) in [6.45, 7) is 1.46. The highest BCUT2D eigenvalue weighted by Gasteiger charge is 2.51. The zero-order valence-corrected chi connectivity index (χ0v) is 28.0. The number of rotatable bonds is 7. The SMILES string of the molecule is COc1ccc(C(NC2=N[C@](C)(c3cc(C#Cc4ccc(N)nc4)ccc3F)C[C@@H](C(F)(F)F)O2)(c2ccccc2)c2ccc(OC)cc2)cc1. The second-order valence-electron chi connectivity index (χ2n) is 12.2. The van der Waals surface area contributed by atoms with Crippen molar-refractivity contribution in [1.29, 1.82) is 0 Å². The number of alkyl halides is 3. The number of nitrogen functional groups attached to an aromatic ring is 1. The molecule has 0 spiro atoms. The van der Waals surface area contributed by atoms with Gasteiger partial charge in [-0.05, 0) is 78.2 Å². The van der Waals surface area contributed by atoms with E-state index in [0.717, 1.165) is 0 Å². The molecule has 1 aliphatic rings. The van der Waals surface area contributed by atoms with E-state index in [1.165, 1.54) is 31.3 Å². The van der Waals surface area contributed by atoms with Crippen molar-refractivity contribution in [1.82, 2.24) is 10.3 Å². The normalized spacial score (nSPS) is 17.3. The molecule has 260 valence electrons. The molecule has 2 atom stereocenters. The zero-order chi connectivity index (χ0) is 36.2. The lowest BCUT2D eigenvalue weighted by atomic mass is 9.77. The summed E-state index contributed by atoms with van der Waals surface area (Å²) in [7, 11) is 3.08. The highest BCUT2D eigenvalue weighted by atomic mass is 19.4. The van der Waals surface area contributed by atoms with Crippen molar-refractivity contribution >= 4 is 11.8 Å². The summed E-state index contributed by atoms with van der Waals surface area (Å²) >= 11 is 0. The Labute approximate surface area is 293 Å². The van der Waals surface area contributed by atoms with Gasteiger partial charge in [0, 0.05) is 29.3 Å². The monoisotopic (exact) mass is 694 g/mol. The molecule has 3 N–H and O–H groups in total. The number of anilines is 1. The van der Waals surface area contributed by atoms with Crippen molar-refractivity contribution < 1.29 is 31.8 Å². The average molecular weight is 695 g/mol. The van der Waals surface area contributed by atoms with Crippen LogP contribution in [0.4, 0.5) is 23.4 Å². The molecule has 0 saturated carbocycles. The average Bonchev–Trinajstić information content (AvgIpc) is 3.14. The number of ether oxygens (including phenoxy) is 3. The summed E-state index contributed by atoms with van der Waals surface area (Å²) in [6, 6.07) is 30.4. The van der Waals surface area contributed by atoms with Crippen molar-refractivity contribution in [3.63, 3.8) is 0 Å². The summed E-state index contributed by atoms with van der Waals surface area (Å²) in [5.74, 6) is 6.63. The van der Waals surface area contributed by atoms with Gasteiger partial charge in [-0.15, -0.1) is 0 Å². The molecule has 2 heterocycles. The van der Waals surface area contributed by atoms with Crippen LogP contribution in [0.5, 0.6) is 11.5 Å². The first-order valence-electron chi connectivity index (χ1n) is 15.9. The summed E-state index contributed by atoms with van der Waals surface area (Å²) in [4.78, 5) is 8.75. The highest BCUT2D eigenvalue weighted by molar-refractivity contribution is 5.79. The molecule has 0 aliphatic carbocycles. The van der Waals surface area contributed by atoms with Crippen LogP contribution in [0.15, 0.2) is 120 Å². The van der Waals surface area contributed by atoms with Crippen LogP contribution < -0.4 is 20.5 Å². The van der Waals surface area contributed by atoms with Gasteiger partial charge in [0.15, 0.2) is 6.10 Å². The number of amidine groups is 1. The smallest absolute Gasteiger partial charge is 0.425 e. The topological polar surface area (TPSA) is 91.0 Å². The molecule has 5 aromatic rings. The second kappa shape index (κ2) is 14.1. The molecule has 51 heavy (non-hydrogen) atoms. The van der Waals surface area contributed by atoms with Crippen molar-refractivity contribution in [2.24, 2.45) is 4.99 Å². The van der Waals surface area contributed by atoms with Crippen molar-refractivity contribution in [3.8, 4) is 23.3 Å². The zero-order valence-electron chi connectivity index (χ0n) is 28.0. The Balaban J connectivity index is 1.53. The largest absolute Gasteiger partial charge is 0.497 e. The molecule has 6 rings (SSSR count). The number of benzene rings is 4. The Bertz CT molecular complexity index is 2030. The van der Waals surface area contributed by atoms with E-state index in [1.54, 1.807) is 50.6 Å². The first kappa shape index (κ1) is 34.8. The van der Waals surface area contributed by atoms with Gasteiger partial charge in [-0.25, -0.2) is 14.4 Å². The number of nitrogens with two attached hydrogens (primary N) is 1. The molecule has 11 heteroatoms. The quantitative estimate of drug-likeness (QED) is 0.103. The number of aromatic nitrogens is 1. The summed E-state index contributed by atoms with van der Waals surface area (Å²) < 4.78 is 76.3. The molecule has 1 aromatic heterocycles. The lowest BCUT2D eigenvalue weighted by Crippen LogP contribution is -2.54. The standard InChI is InChI=1S/C40H34F4N4O3/c1-38(33-23-26(11-21-34(33)41)9-10-27-12-22-36(45)46-25-27)24-35(40(42,43)44)51-37(47-38)48-39(28-7-5-4-6-8-28,29-13-17-31(49-2)18-14-29)30-15-19-32(50-3)20-16-30/h4-8,11-23,25,35H,24H2,1-3H3,(H2,45,46)(H,47,48)/t35-,38-/m0/s1. The minimum absolute atomic E-state index is 0.0687. The molecular formula is C40H34F4N4O3. The summed E-state index contributed by atoms with van der Waals surface area (Å²) in [5.41, 5.74) is 5.39. The molecule has 7 nitrogen and oxygen atoms in total. The molecule has 4 aromatic carbocycles. The molecule has 1 aliphatic heterocycles. The molecule has 0 unspecified atom stereocenters. The van der Waals surface area contributed by atoms with Gasteiger partial charge in [0.2, 0.25) is 0 Å². The van der Waals surface area contributed by atoms with Crippen LogP contribution in [0.25, 0.3) is 0 Å². The van der Waals surface area contributed by atoms with E-state index < -0.39 is 41.6 Å². The molecule has 0 radical (unpaired) electrons. The number of hydrogen-bond donors (Lipinski definition) is 2. The minimum atomic E-state index is -4.81. The first-order valence-corrected chi connectivity index (χ1v) is 15.9. The molecule has 0 saturated heterocycles. The van der Waals surface area contributed by atoms with Gasteiger partial charge in [-0.2, -0.15) is 13.2 Å². The van der Waals surface area contributed by atoms with Gasteiger partial charge in [0.25, 0.3) is 6.02 Å². The van der Waals surface area contributed by atoms with Crippen molar-refractivity contribution in [2.75, 3.05) is 20.0 Å². The van der Waals surface area contributed by atoms with Gasteiger partial charge in [-0.1, -0.05) is 66.4 Å². The van der Waals surface area contributed by atoms with Gasteiger partial charge in [0.1, 0.15) is 28.7 Å². The van der Waals surface area contributed by atoms with Crippen LogP contribution in [0.2, 0.25) is 0 Å². The maximum Gasteiger partial charge on any atom is 0.425 e. The first-order chi connectivity index (χ1) is 24.4. The Kier molecular flexibility index (Phi) is 9.61. The third-order valence-corrected chi connectivity index (χ3v) is 8.78. The lowest BCUT2D eigenvalue weighted by Gasteiger charge is -2.42. The van der Waals surface area contributed by atoms with Crippen molar-refractivity contribution in [2.45, 2.75) is 36.7 Å². The molecule has 0 amide bonds. The number of nitrogens with zero attached hydrogens (tertiary/aromatic N) is 2.